The van der Waals surface area contributed by atoms with Crippen LogP contribution in [0.15, 0.2) is 32.8 Å². The lowest BCUT2D eigenvalue weighted by Gasteiger charge is -2.06. The molecular formula is C12H12FNOS2. The number of benzene rings is 1. The van der Waals surface area contributed by atoms with Crippen molar-refractivity contribution in [2.45, 2.75) is 29.2 Å². The molecule has 5 heteroatoms. The summed E-state index contributed by atoms with van der Waals surface area (Å²) in [6.07, 6.45) is -0.648. The van der Waals surface area contributed by atoms with Gasteiger partial charge in [-0.05, 0) is 31.5 Å². The first-order valence-electron chi connectivity index (χ1n) is 5.14. The molecule has 1 atom stereocenters. The number of rotatable bonds is 3. The standard InChI is InChI=1S/C12H12FNOS2/c1-7-6-16-12(14-7)17-11-4-3-9(8(2)15)5-10(11)13/h3-6,8,15H,1-2H3/t8-/m0/s1. The maximum absolute atomic E-state index is 13.7. The Labute approximate surface area is 108 Å². The van der Waals surface area contributed by atoms with E-state index in [9.17, 15) is 9.50 Å². The van der Waals surface area contributed by atoms with Gasteiger partial charge in [-0.2, -0.15) is 0 Å². The van der Waals surface area contributed by atoms with Crippen molar-refractivity contribution in [2.75, 3.05) is 0 Å². The molecule has 0 aliphatic heterocycles. The molecule has 0 aliphatic rings. The minimum absolute atomic E-state index is 0.318. The number of hydrogen-bond acceptors (Lipinski definition) is 4. The number of aryl methyl sites for hydroxylation is 1. The monoisotopic (exact) mass is 269 g/mol. The molecule has 0 amide bonds. The van der Waals surface area contributed by atoms with Crippen LogP contribution in [0.5, 0.6) is 0 Å². The lowest BCUT2D eigenvalue weighted by atomic mass is 10.1. The van der Waals surface area contributed by atoms with Gasteiger partial charge in [0, 0.05) is 11.1 Å². The number of aliphatic hydroxyl groups excluding tert-OH is 1. The van der Waals surface area contributed by atoms with E-state index in [4.69, 9.17) is 0 Å². The van der Waals surface area contributed by atoms with Crippen LogP contribution in [0.4, 0.5) is 4.39 Å². The van der Waals surface area contributed by atoms with E-state index in [-0.39, 0.29) is 5.82 Å². The van der Waals surface area contributed by atoms with Crippen molar-refractivity contribution >= 4 is 23.1 Å². The topological polar surface area (TPSA) is 33.1 Å². The summed E-state index contributed by atoms with van der Waals surface area (Å²) in [6, 6.07) is 4.78. The van der Waals surface area contributed by atoms with Crippen LogP contribution in [-0.4, -0.2) is 10.1 Å². The highest BCUT2D eigenvalue weighted by Crippen LogP contribution is 2.32. The lowest BCUT2D eigenvalue weighted by Crippen LogP contribution is -1.92. The molecule has 1 aromatic heterocycles. The van der Waals surface area contributed by atoms with Crippen molar-refractivity contribution in [1.29, 1.82) is 0 Å². The Morgan fingerprint density at radius 3 is 2.76 bits per heavy atom. The predicted molar refractivity (Wildman–Crippen MR) is 68.0 cm³/mol. The fraction of sp³-hybridized carbons (Fsp3) is 0.250. The molecule has 1 heterocycles. The molecule has 17 heavy (non-hydrogen) atoms. The molecule has 1 N–H and O–H groups in total. The summed E-state index contributed by atoms with van der Waals surface area (Å²) < 4.78 is 14.6. The van der Waals surface area contributed by atoms with Gasteiger partial charge in [0.15, 0.2) is 4.34 Å². The molecule has 2 aromatic rings. The first kappa shape index (κ1) is 12.5. The molecule has 0 unspecified atom stereocenters. The Balaban J connectivity index is 2.22. The van der Waals surface area contributed by atoms with Gasteiger partial charge in [-0.1, -0.05) is 17.8 Å². The molecule has 1 aromatic carbocycles. The zero-order chi connectivity index (χ0) is 12.4. The molecular weight excluding hydrogens is 257 g/mol. The third-order valence-electron chi connectivity index (χ3n) is 2.23. The van der Waals surface area contributed by atoms with E-state index in [1.807, 2.05) is 12.3 Å². The van der Waals surface area contributed by atoms with E-state index in [1.165, 1.54) is 29.2 Å². The molecule has 0 aliphatic carbocycles. The Morgan fingerprint density at radius 2 is 2.24 bits per heavy atom. The second-order valence-electron chi connectivity index (χ2n) is 3.72. The molecule has 0 radical (unpaired) electrons. The SMILES string of the molecule is Cc1csc(Sc2ccc([C@H](C)O)cc2F)n1. The zero-order valence-electron chi connectivity index (χ0n) is 9.48. The molecule has 0 saturated heterocycles. The molecule has 2 nitrogen and oxygen atoms in total. The number of nitrogens with zero attached hydrogens (tertiary/aromatic N) is 1. The maximum atomic E-state index is 13.7. The fourth-order valence-corrected chi connectivity index (χ4v) is 3.13. The first-order chi connectivity index (χ1) is 8.06. The lowest BCUT2D eigenvalue weighted by molar-refractivity contribution is 0.198. The molecule has 0 saturated carbocycles. The van der Waals surface area contributed by atoms with Crippen LogP contribution in [0.3, 0.4) is 0 Å². The minimum atomic E-state index is -0.648. The van der Waals surface area contributed by atoms with Gasteiger partial charge in [-0.15, -0.1) is 11.3 Å². The van der Waals surface area contributed by atoms with Crippen LogP contribution in [0.25, 0.3) is 0 Å². The fourth-order valence-electron chi connectivity index (χ4n) is 1.33. The number of halogens is 1. The average Bonchev–Trinajstić information content (AvgIpc) is 2.67. The minimum Gasteiger partial charge on any atom is -0.389 e. The summed E-state index contributed by atoms with van der Waals surface area (Å²) >= 11 is 2.81. The van der Waals surface area contributed by atoms with Crippen molar-refractivity contribution in [1.82, 2.24) is 4.98 Å². The summed E-state index contributed by atoms with van der Waals surface area (Å²) in [7, 11) is 0. The van der Waals surface area contributed by atoms with Gasteiger partial charge >= 0.3 is 0 Å². The van der Waals surface area contributed by atoms with Crippen LogP contribution in [0, 0.1) is 12.7 Å². The smallest absolute Gasteiger partial charge is 0.154 e. The van der Waals surface area contributed by atoms with Crippen LogP contribution in [0.2, 0.25) is 0 Å². The van der Waals surface area contributed by atoms with Crippen LogP contribution >= 0.6 is 23.1 Å². The predicted octanol–water partition coefficient (Wildman–Crippen LogP) is 3.80. The Hall–Kier alpha value is -0.910. The highest BCUT2D eigenvalue weighted by Gasteiger charge is 2.09. The Bertz CT molecular complexity index is 525. The second kappa shape index (κ2) is 5.16. The van der Waals surface area contributed by atoms with Crippen LogP contribution < -0.4 is 0 Å². The van der Waals surface area contributed by atoms with Crippen molar-refractivity contribution in [3.8, 4) is 0 Å². The Morgan fingerprint density at radius 1 is 1.47 bits per heavy atom. The van der Waals surface area contributed by atoms with Gasteiger partial charge in [0.05, 0.1) is 11.0 Å². The van der Waals surface area contributed by atoms with Gasteiger partial charge in [0.2, 0.25) is 0 Å². The maximum Gasteiger partial charge on any atom is 0.154 e. The van der Waals surface area contributed by atoms with Crippen LogP contribution in [0.1, 0.15) is 24.3 Å². The quantitative estimate of drug-likeness (QED) is 0.920. The molecule has 2 rings (SSSR count). The van der Waals surface area contributed by atoms with E-state index in [2.05, 4.69) is 4.98 Å². The van der Waals surface area contributed by atoms with E-state index in [0.717, 1.165) is 10.0 Å². The van der Waals surface area contributed by atoms with Crippen molar-refractivity contribution in [2.24, 2.45) is 0 Å². The van der Waals surface area contributed by atoms with Gasteiger partial charge in [0.1, 0.15) is 5.82 Å². The summed E-state index contributed by atoms with van der Waals surface area (Å²) in [5.41, 5.74) is 1.53. The second-order valence-corrected chi connectivity index (χ2v) is 5.87. The van der Waals surface area contributed by atoms with E-state index < -0.39 is 6.10 Å². The molecule has 0 fully saturated rings. The van der Waals surface area contributed by atoms with E-state index in [0.29, 0.717) is 10.5 Å². The third-order valence-corrected chi connectivity index (χ3v) is 4.34. The number of hydrogen-bond donors (Lipinski definition) is 1. The van der Waals surface area contributed by atoms with Crippen LogP contribution in [-0.2, 0) is 0 Å². The number of aromatic nitrogens is 1. The van der Waals surface area contributed by atoms with Crippen molar-refractivity contribution < 1.29 is 9.50 Å². The summed E-state index contributed by atoms with van der Waals surface area (Å²) in [5, 5.41) is 11.3. The largest absolute Gasteiger partial charge is 0.389 e. The molecule has 90 valence electrons. The zero-order valence-corrected chi connectivity index (χ0v) is 11.1. The van der Waals surface area contributed by atoms with Gasteiger partial charge in [0.25, 0.3) is 0 Å². The Kier molecular flexibility index (Phi) is 3.81. The normalized spacial score (nSPS) is 12.7. The summed E-state index contributed by atoms with van der Waals surface area (Å²) in [6.45, 7) is 3.53. The van der Waals surface area contributed by atoms with Gasteiger partial charge < -0.3 is 5.11 Å². The molecule has 0 bridgehead atoms. The van der Waals surface area contributed by atoms with Crippen molar-refractivity contribution in [3.05, 3.63) is 40.7 Å². The third kappa shape index (κ3) is 3.06. The average molecular weight is 269 g/mol. The van der Waals surface area contributed by atoms with E-state index >= 15 is 0 Å². The van der Waals surface area contributed by atoms with E-state index in [1.54, 1.807) is 19.1 Å². The number of aliphatic hydroxyl groups is 1. The first-order valence-corrected chi connectivity index (χ1v) is 6.83. The van der Waals surface area contributed by atoms with Gasteiger partial charge in [-0.3, -0.25) is 0 Å². The summed E-state index contributed by atoms with van der Waals surface area (Å²) in [5.74, 6) is -0.318. The highest BCUT2D eigenvalue weighted by atomic mass is 32.2. The van der Waals surface area contributed by atoms with Crippen molar-refractivity contribution in [3.63, 3.8) is 0 Å². The highest BCUT2D eigenvalue weighted by molar-refractivity contribution is 8.01. The number of thiazole rings is 1. The summed E-state index contributed by atoms with van der Waals surface area (Å²) in [4.78, 5) is 4.80. The molecule has 0 spiro atoms. The van der Waals surface area contributed by atoms with Gasteiger partial charge in [-0.25, -0.2) is 9.37 Å².